The van der Waals surface area contributed by atoms with Crippen LogP contribution < -0.4 is 10.1 Å². The van der Waals surface area contributed by atoms with Gasteiger partial charge in [-0.1, -0.05) is 12.1 Å². The van der Waals surface area contributed by atoms with Crippen LogP contribution >= 0.6 is 0 Å². The number of benzene rings is 1. The highest BCUT2D eigenvalue weighted by molar-refractivity contribution is 5.95. The molecule has 1 amide bonds. The van der Waals surface area contributed by atoms with Crippen LogP contribution in [0.2, 0.25) is 0 Å². The molecule has 0 aliphatic carbocycles. The molecule has 0 saturated carbocycles. The van der Waals surface area contributed by atoms with Crippen molar-refractivity contribution >= 4 is 5.91 Å². The highest BCUT2D eigenvalue weighted by Crippen LogP contribution is 2.24. The molecule has 2 aromatic rings. The van der Waals surface area contributed by atoms with Crippen molar-refractivity contribution in [3.8, 4) is 5.75 Å². The number of hydrogen-bond donors (Lipinski definition) is 1. The molecule has 0 aliphatic rings. The number of aryl methyl sites for hydroxylation is 1. The average Bonchev–Trinajstić information content (AvgIpc) is 2.78. The number of nitrogens with zero attached hydrogens (tertiary/aromatic N) is 2. The van der Waals surface area contributed by atoms with Crippen molar-refractivity contribution in [1.29, 1.82) is 0 Å². The number of rotatable bonds is 4. The van der Waals surface area contributed by atoms with Crippen LogP contribution in [0, 0.1) is 6.92 Å². The number of hydrogen-bond acceptors (Lipinski definition) is 3. The standard InChI is InChI=1S/C15H16F3N3O2/c1-9(20-14(22)13-8-19-21(3)10(13)2)11-4-6-12(7-5-11)23-15(16,17)18/h4-9H,1-3H3,(H,20,22)/t9-/m0/s1. The van der Waals surface area contributed by atoms with E-state index >= 15 is 0 Å². The lowest BCUT2D eigenvalue weighted by molar-refractivity contribution is -0.274. The van der Waals surface area contributed by atoms with Crippen molar-refractivity contribution in [2.75, 3.05) is 0 Å². The second kappa shape index (κ2) is 6.31. The lowest BCUT2D eigenvalue weighted by atomic mass is 10.1. The van der Waals surface area contributed by atoms with E-state index in [1.807, 2.05) is 0 Å². The summed E-state index contributed by atoms with van der Waals surface area (Å²) in [5, 5.41) is 6.77. The smallest absolute Gasteiger partial charge is 0.406 e. The molecule has 0 aliphatic heterocycles. The molecule has 2 rings (SSSR count). The fraction of sp³-hybridized carbons (Fsp3) is 0.333. The Kier molecular flexibility index (Phi) is 4.63. The van der Waals surface area contributed by atoms with Gasteiger partial charge in [-0.15, -0.1) is 13.2 Å². The van der Waals surface area contributed by atoms with Crippen LogP contribution in [0.25, 0.3) is 0 Å². The molecule has 0 saturated heterocycles. The summed E-state index contributed by atoms with van der Waals surface area (Å²) in [7, 11) is 1.73. The lowest BCUT2D eigenvalue weighted by Crippen LogP contribution is -2.27. The number of alkyl halides is 3. The predicted octanol–water partition coefficient (Wildman–Crippen LogP) is 3.12. The van der Waals surface area contributed by atoms with E-state index in [4.69, 9.17) is 0 Å². The van der Waals surface area contributed by atoms with Crippen molar-refractivity contribution in [3.05, 3.63) is 47.3 Å². The molecule has 0 fully saturated rings. The zero-order chi connectivity index (χ0) is 17.2. The van der Waals surface area contributed by atoms with Gasteiger partial charge in [0.1, 0.15) is 5.75 Å². The molecule has 1 heterocycles. The molecule has 0 radical (unpaired) electrons. The van der Waals surface area contributed by atoms with Crippen molar-refractivity contribution < 1.29 is 22.7 Å². The Hall–Kier alpha value is -2.51. The third-order valence-electron chi connectivity index (χ3n) is 3.44. The van der Waals surface area contributed by atoms with E-state index in [9.17, 15) is 18.0 Å². The Morgan fingerprint density at radius 1 is 1.30 bits per heavy atom. The molecule has 1 aromatic carbocycles. The summed E-state index contributed by atoms with van der Waals surface area (Å²) in [5.41, 5.74) is 1.84. The topological polar surface area (TPSA) is 56.1 Å². The van der Waals surface area contributed by atoms with Crippen LogP contribution in [0.5, 0.6) is 5.75 Å². The quantitative estimate of drug-likeness (QED) is 0.939. The summed E-state index contributed by atoms with van der Waals surface area (Å²) in [6.07, 6.45) is -3.25. The molecule has 5 nitrogen and oxygen atoms in total. The average molecular weight is 327 g/mol. The van der Waals surface area contributed by atoms with Crippen molar-refractivity contribution in [2.45, 2.75) is 26.3 Å². The van der Waals surface area contributed by atoms with Gasteiger partial charge in [0.25, 0.3) is 5.91 Å². The summed E-state index contributed by atoms with van der Waals surface area (Å²) in [4.78, 5) is 12.2. The number of ether oxygens (including phenoxy) is 1. The summed E-state index contributed by atoms with van der Waals surface area (Å²) >= 11 is 0. The molecule has 23 heavy (non-hydrogen) atoms. The first-order valence-electron chi connectivity index (χ1n) is 6.82. The molecule has 0 unspecified atom stereocenters. The minimum absolute atomic E-state index is 0.293. The Balaban J connectivity index is 2.04. The van der Waals surface area contributed by atoms with E-state index in [1.165, 1.54) is 30.5 Å². The fourth-order valence-corrected chi connectivity index (χ4v) is 2.04. The van der Waals surface area contributed by atoms with E-state index in [0.717, 1.165) is 5.69 Å². The molecule has 1 atom stereocenters. The Bertz CT molecular complexity index is 693. The molecule has 1 aromatic heterocycles. The number of halogens is 3. The summed E-state index contributed by atoms with van der Waals surface area (Å²) in [6.45, 7) is 3.51. The maximum Gasteiger partial charge on any atom is 0.573 e. The third kappa shape index (κ3) is 4.24. The maximum atomic E-state index is 12.2. The van der Waals surface area contributed by atoms with Crippen LogP contribution in [0.15, 0.2) is 30.5 Å². The molecule has 1 N–H and O–H groups in total. The number of aromatic nitrogens is 2. The van der Waals surface area contributed by atoms with Gasteiger partial charge in [0.15, 0.2) is 0 Å². The normalized spacial score (nSPS) is 12.8. The second-order valence-electron chi connectivity index (χ2n) is 5.08. The van der Waals surface area contributed by atoms with E-state index in [2.05, 4.69) is 15.2 Å². The number of carbonyl (C=O) groups excluding carboxylic acids is 1. The van der Waals surface area contributed by atoms with Crippen LogP contribution in [0.1, 0.15) is 34.6 Å². The van der Waals surface area contributed by atoms with E-state index in [-0.39, 0.29) is 17.7 Å². The summed E-state index contributed by atoms with van der Waals surface area (Å²) < 4.78 is 41.7. The number of carbonyl (C=O) groups is 1. The van der Waals surface area contributed by atoms with Crippen LogP contribution in [0.3, 0.4) is 0 Å². The van der Waals surface area contributed by atoms with Gasteiger partial charge >= 0.3 is 6.36 Å². The van der Waals surface area contributed by atoms with Gasteiger partial charge in [-0.25, -0.2) is 0 Å². The third-order valence-corrected chi connectivity index (χ3v) is 3.44. The van der Waals surface area contributed by atoms with E-state index < -0.39 is 6.36 Å². The molecule has 0 spiro atoms. The minimum atomic E-state index is -4.72. The summed E-state index contributed by atoms with van der Waals surface area (Å²) in [6, 6.07) is 4.99. The molecule has 8 heteroatoms. The Labute approximate surface area is 131 Å². The van der Waals surface area contributed by atoms with Crippen molar-refractivity contribution in [2.24, 2.45) is 7.05 Å². The van der Waals surface area contributed by atoms with Crippen LogP contribution in [-0.4, -0.2) is 22.1 Å². The number of amides is 1. The second-order valence-corrected chi connectivity index (χ2v) is 5.08. The molecule has 0 bridgehead atoms. The molecular weight excluding hydrogens is 311 g/mol. The SMILES string of the molecule is Cc1c(C(=O)N[C@@H](C)c2ccc(OC(F)(F)F)cc2)cnn1C. The fourth-order valence-electron chi connectivity index (χ4n) is 2.04. The van der Waals surface area contributed by atoms with E-state index in [1.54, 1.807) is 25.6 Å². The first kappa shape index (κ1) is 16.9. The first-order chi connectivity index (χ1) is 10.7. The predicted molar refractivity (Wildman–Crippen MR) is 77.0 cm³/mol. The van der Waals surface area contributed by atoms with Crippen molar-refractivity contribution in [3.63, 3.8) is 0 Å². The van der Waals surface area contributed by atoms with Gasteiger partial charge in [-0.05, 0) is 31.5 Å². The number of nitrogens with one attached hydrogen (secondary N) is 1. The van der Waals surface area contributed by atoms with Gasteiger partial charge in [-0.3, -0.25) is 9.48 Å². The van der Waals surface area contributed by atoms with Crippen molar-refractivity contribution in [1.82, 2.24) is 15.1 Å². The van der Waals surface area contributed by atoms with Gasteiger partial charge < -0.3 is 10.1 Å². The largest absolute Gasteiger partial charge is 0.573 e. The van der Waals surface area contributed by atoms with Gasteiger partial charge in [0.05, 0.1) is 17.8 Å². The molecule has 124 valence electrons. The Morgan fingerprint density at radius 2 is 1.91 bits per heavy atom. The van der Waals surface area contributed by atoms with Gasteiger partial charge in [0, 0.05) is 12.7 Å². The molecular formula is C15H16F3N3O2. The van der Waals surface area contributed by atoms with E-state index in [0.29, 0.717) is 11.1 Å². The highest BCUT2D eigenvalue weighted by atomic mass is 19.4. The zero-order valence-corrected chi connectivity index (χ0v) is 12.8. The zero-order valence-electron chi connectivity index (χ0n) is 12.8. The van der Waals surface area contributed by atoms with Crippen LogP contribution in [0.4, 0.5) is 13.2 Å². The highest BCUT2D eigenvalue weighted by Gasteiger charge is 2.31. The lowest BCUT2D eigenvalue weighted by Gasteiger charge is -2.15. The summed E-state index contributed by atoms with van der Waals surface area (Å²) in [5.74, 6) is -0.596. The minimum Gasteiger partial charge on any atom is -0.406 e. The van der Waals surface area contributed by atoms with Gasteiger partial charge in [0.2, 0.25) is 0 Å². The first-order valence-corrected chi connectivity index (χ1v) is 6.82. The monoisotopic (exact) mass is 327 g/mol. The van der Waals surface area contributed by atoms with Crippen LogP contribution in [-0.2, 0) is 7.05 Å². The maximum absolute atomic E-state index is 12.2. The Morgan fingerprint density at radius 3 is 2.39 bits per heavy atom. The van der Waals surface area contributed by atoms with Gasteiger partial charge in [-0.2, -0.15) is 5.10 Å².